The summed E-state index contributed by atoms with van der Waals surface area (Å²) in [7, 11) is 0. The van der Waals surface area contributed by atoms with Crippen LogP contribution in [0.15, 0.2) is 35.1 Å². The van der Waals surface area contributed by atoms with Crippen LogP contribution in [0.3, 0.4) is 0 Å². The monoisotopic (exact) mass is 327 g/mol. The van der Waals surface area contributed by atoms with Crippen molar-refractivity contribution in [3.05, 3.63) is 40.1 Å². The Morgan fingerprint density at radius 2 is 2.22 bits per heavy atom. The first-order chi connectivity index (χ1) is 8.59. The summed E-state index contributed by atoms with van der Waals surface area (Å²) in [5.74, 6) is 1.39. The van der Waals surface area contributed by atoms with E-state index in [1.165, 1.54) is 0 Å². The molecular formula is C13H15BrClN3. The van der Waals surface area contributed by atoms with Crippen molar-refractivity contribution in [3.8, 4) is 5.69 Å². The lowest BCUT2D eigenvalue weighted by Gasteiger charge is -2.13. The third-order valence-corrected chi connectivity index (χ3v) is 3.88. The maximum absolute atomic E-state index is 6.11. The van der Waals surface area contributed by atoms with Crippen molar-refractivity contribution in [2.75, 3.05) is 11.9 Å². The standard InChI is InChI=1S/C13H15BrClN3/c1-9(2)8-17-13-16-6-7-18(13)11-5-3-4-10(15)12(11)14/h3-7,9H,8H2,1-2H3,(H,16,17). The largest absolute Gasteiger partial charge is 0.355 e. The van der Waals surface area contributed by atoms with Gasteiger partial charge in [0.2, 0.25) is 5.95 Å². The topological polar surface area (TPSA) is 29.9 Å². The number of anilines is 1. The summed E-state index contributed by atoms with van der Waals surface area (Å²) < 4.78 is 2.86. The minimum Gasteiger partial charge on any atom is -0.355 e. The van der Waals surface area contributed by atoms with Crippen LogP contribution in [0.4, 0.5) is 5.95 Å². The number of nitrogens with one attached hydrogen (secondary N) is 1. The van der Waals surface area contributed by atoms with Crippen LogP contribution in [0.25, 0.3) is 5.69 Å². The zero-order valence-corrected chi connectivity index (χ0v) is 12.7. The lowest BCUT2D eigenvalue weighted by atomic mass is 10.2. The summed E-state index contributed by atoms with van der Waals surface area (Å²) in [6.45, 7) is 5.21. The summed E-state index contributed by atoms with van der Waals surface area (Å²) in [4.78, 5) is 4.32. The lowest BCUT2D eigenvalue weighted by molar-refractivity contribution is 0.683. The Kier molecular flexibility index (Phi) is 4.30. The average molecular weight is 329 g/mol. The molecule has 0 aliphatic heterocycles. The Balaban J connectivity index is 2.33. The Morgan fingerprint density at radius 3 is 2.94 bits per heavy atom. The van der Waals surface area contributed by atoms with E-state index in [4.69, 9.17) is 11.6 Å². The van der Waals surface area contributed by atoms with Crippen molar-refractivity contribution in [2.45, 2.75) is 13.8 Å². The average Bonchev–Trinajstić information content (AvgIpc) is 2.78. The number of hydrogen-bond acceptors (Lipinski definition) is 2. The Morgan fingerprint density at radius 1 is 1.44 bits per heavy atom. The summed E-state index contributed by atoms with van der Waals surface area (Å²) in [5, 5.41) is 4.02. The summed E-state index contributed by atoms with van der Waals surface area (Å²) in [5.41, 5.74) is 0.978. The number of nitrogens with zero attached hydrogens (tertiary/aromatic N) is 2. The highest BCUT2D eigenvalue weighted by atomic mass is 79.9. The maximum Gasteiger partial charge on any atom is 0.207 e. The molecule has 0 fully saturated rings. The van der Waals surface area contributed by atoms with E-state index in [9.17, 15) is 0 Å². The van der Waals surface area contributed by atoms with Crippen molar-refractivity contribution in [3.63, 3.8) is 0 Å². The number of aromatic nitrogens is 2. The third-order valence-electron chi connectivity index (χ3n) is 2.50. The first-order valence-electron chi connectivity index (χ1n) is 5.81. The predicted molar refractivity (Wildman–Crippen MR) is 79.6 cm³/mol. The van der Waals surface area contributed by atoms with Crippen molar-refractivity contribution in [1.29, 1.82) is 0 Å². The van der Waals surface area contributed by atoms with Crippen LogP contribution in [0.1, 0.15) is 13.8 Å². The molecule has 0 aliphatic rings. The van der Waals surface area contributed by atoms with Gasteiger partial charge in [-0.3, -0.25) is 4.57 Å². The second-order valence-corrected chi connectivity index (χ2v) is 5.67. The quantitative estimate of drug-likeness (QED) is 0.904. The van der Waals surface area contributed by atoms with Crippen molar-refractivity contribution in [1.82, 2.24) is 9.55 Å². The van der Waals surface area contributed by atoms with Crippen LogP contribution in [-0.4, -0.2) is 16.1 Å². The second kappa shape index (κ2) is 5.76. The third kappa shape index (κ3) is 2.87. The van der Waals surface area contributed by atoms with Gasteiger partial charge >= 0.3 is 0 Å². The molecule has 1 N–H and O–H groups in total. The summed E-state index contributed by atoms with van der Waals surface area (Å²) in [6.07, 6.45) is 3.69. The van der Waals surface area contributed by atoms with Crippen LogP contribution in [0.2, 0.25) is 5.02 Å². The molecule has 0 amide bonds. The van der Waals surface area contributed by atoms with Crippen LogP contribution >= 0.6 is 27.5 Å². The highest BCUT2D eigenvalue weighted by Crippen LogP contribution is 2.30. The Bertz CT molecular complexity index is 537. The molecule has 0 saturated carbocycles. The molecule has 1 heterocycles. The molecule has 0 saturated heterocycles. The van der Waals surface area contributed by atoms with E-state index in [-0.39, 0.29) is 0 Å². The smallest absolute Gasteiger partial charge is 0.207 e. The van der Waals surface area contributed by atoms with Gasteiger partial charge in [-0.05, 0) is 34.0 Å². The Labute approximate surface area is 120 Å². The van der Waals surface area contributed by atoms with Gasteiger partial charge < -0.3 is 5.32 Å². The van der Waals surface area contributed by atoms with Gasteiger partial charge in [0.25, 0.3) is 0 Å². The fourth-order valence-electron chi connectivity index (χ4n) is 1.60. The predicted octanol–water partition coefficient (Wildman–Crippen LogP) is 4.36. The zero-order chi connectivity index (χ0) is 13.1. The minimum absolute atomic E-state index is 0.568. The molecule has 0 radical (unpaired) electrons. The first-order valence-corrected chi connectivity index (χ1v) is 6.98. The number of imidazole rings is 1. The number of benzene rings is 1. The molecule has 0 unspecified atom stereocenters. The van der Waals surface area contributed by atoms with Gasteiger partial charge in [-0.25, -0.2) is 4.98 Å². The highest BCUT2D eigenvalue weighted by molar-refractivity contribution is 9.10. The SMILES string of the molecule is CC(C)CNc1nccn1-c1cccc(Cl)c1Br. The summed E-state index contributed by atoms with van der Waals surface area (Å²) >= 11 is 9.62. The molecule has 0 aliphatic carbocycles. The molecule has 3 nitrogen and oxygen atoms in total. The van der Waals surface area contributed by atoms with Crippen molar-refractivity contribution in [2.24, 2.45) is 5.92 Å². The van der Waals surface area contributed by atoms with Crippen molar-refractivity contribution >= 4 is 33.5 Å². The fraction of sp³-hybridized carbons (Fsp3) is 0.308. The molecule has 5 heteroatoms. The molecule has 96 valence electrons. The highest BCUT2D eigenvalue weighted by Gasteiger charge is 2.10. The molecule has 1 aromatic heterocycles. The molecule has 0 atom stereocenters. The van der Waals surface area contributed by atoms with E-state index in [1.807, 2.05) is 29.0 Å². The van der Waals surface area contributed by atoms with Crippen LogP contribution in [-0.2, 0) is 0 Å². The normalized spacial score (nSPS) is 10.9. The Hall–Kier alpha value is -1.000. The molecular weight excluding hydrogens is 314 g/mol. The number of rotatable bonds is 4. The fourth-order valence-corrected chi connectivity index (χ4v) is 2.23. The van der Waals surface area contributed by atoms with Gasteiger partial charge in [0.1, 0.15) is 0 Å². The summed E-state index contributed by atoms with van der Waals surface area (Å²) in [6, 6.07) is 5.78. The zero-order valence-electron chi connectivity index (χ0n) is 10.3. The van der Waals surface area contributed by atoms with Crippen LogP contribution in [0, 0.1) is 5.92 Å². The van der Waals surface area contributed by atoms with E-state index in [0.717, 1.165) is 22.7 Å². The van der Waals surface area contributed by atoms with Crippen LogP contribution in [0.5, 0.6) is 0 Å². The minimum atomic E-state index is 0.568. The van der Waals surface area contributed by atoms with E-state index in [0.29, 0.717) is 10.9 Å². The molecule has 0 spiro atoms. The van der Waals surface area contributed by atoms with E-state index in [2.05, 4.69) is 40.1 Å². The van der Waals surface area contributed by atoms with E-state index in [1.54, 1.807) is 6.20 Å². The lowest BCUT2D eigenvalue weighted by Crippen LogP contribution is -2.12. The first kappa shape index (κ1) is 13.4. The van der Waals surface area contributed by atoms with Crippen LogP contribution < -0.4 is 5.32 Å². The van der Waals surface area contributed by atoms with Gasteiger partial charge in [0.15, 0.2) is 0 Å². The molecule has 0 bridgehead atoms. The number of halogens is 2. The van der Waals surface area contributed by atoms with Gasteiger partial charge in [0, 0.05) is 18.9 Å². The second-order valence-electron chi connectivity index (χ2n) is 4.47. The van der Waals surface area contributed by atoms with Gasteiger partial charge in [-0.15, -0.1) is 0 Å². The molecule has 1 aromatic carbocycles. The van der Waals surface area contributed by atoms with Gasteiger partial charge in [0.05, 0.1) is 15.2 Å². The molecule has 2 rings (SSSR count). The molecule has 2 aromatic rings. The molecule has 18 heavy (non-hydrogen) atoms. The van der Waals surface area contributed by atoms with Crippen molar-refractivity contribution < 1.29 is 0 Å². The number of hydrogen-bond donors (Lipinski definition) is 1. The van der Waals surface area contributed by atoms with E-state index >= 15 is 0 Å². The maximum atomic E-state index is 6.11. The van der Waals surface area contributed by atoms with E-state index < -0.39 is 0 Å². The van der Waals surface area contributed by atoms with Gasteiger partial charge in [-0.1, -0.05) is 31.5 Å². The van der Waals surface area contributed by atoms with Gasteiger partial charge in [-0.2, -0.15) is 0 Å².